The van der Waals surface area contributed by atoms with E-state index in [1.54, 1.807) is 55.8 Å². The molecule has 4 aromatic rings. The van der Waals surface area contributed by atoms with Crippen molar-refractivity contribution in [3.63, 3.8) is 0 Å². The molecule has 3 N–H and O–H groups in total. The first-order chi connectivity index (χ1) is 21.0. The smallest absolute Gasteiger partial charge is 0.235 e. The molecule has 0 radical (unpaired) electrons. The molecule has 12 nitrogen and oxygen atoms in total. The van der Waals surface area contributed by atoms with Gasteiger partial charge >= 0.3 is 0 Å². The Morgan fingerprint density at radius 3 is 2.72 bits per heavy atom. The molecule has 1 saturated heterocycles. The van der Waals surface area contributed by atoms with Crippen molar-refractivity contribution in [3.8, 4) is 22.6 Å². The summed E-state index contributed by atoms with van der Waals surface area (Å²) < 4.78 is 25.8. The monoisotopic (exact) mass is 585 g/mol. The average Bonchev–Trinajstić information content (AvgIpc) is 3.72. The summed E-state index contributed by atoms with van der Waals surface area (Å²) in [6.45, 7) is 5.25. The van der Waals surface area contributed by atoms with E-state index in [9.17, 15) is 9.18 Å². The van der Waals surface area contributed by atoms with Crippen molar-refractivity contribution in [3.05, 3.63) is 72.7 Å². The van der Waals surface area contributed by atoms with E-state index in [1.807, 2.05) is 6.21 Å². The number of aromatic nitrogens is 5. The quantitative estimate of drug-likeness (QED) is 0.236. The molecule has 0 saturated carbocycles. The molecular formula is C30H32FN9O3. The molecule has 0 aliphatic carbocycles. The van der Waals surface area contributed by atoms with E-state index in [1.165, 1.54) is 12.1 Å². The highest BCUT2D eigenvalue weighted by Gasteiger charge is 2.41. The number of rotatable bonds is 10. The van der Waals surface area contributed by atoms with Gasteiger partial charge in [0.15, 0.2) is 5.82 Å². The number of hydrogen-bond donors (Lipinski definition) is 3. The van der Waals surface area contributed by atoms with Crippen molar-refractivity contribution in [1.82, 2.24) is 29.8 Å². The number of nitrogens with one attached hydrogen (secondary N) is 3. The zero-order valence-electron chi connectivity index (χ0n) is 23.7. The molecular weight excluding hydrogens is 553 g/mol. The van der Waals surface area contributed by atoms with Crippen LogP contribution in [-0.2, 0) is 14.3 Å². The lowest BCUT2D eigenvalue weighted by Crippen LogP contribution is -2.45. The predicted molar refractivity (Wildman–Crippen MR) is 159 cm³/mol. The molecule has 0 bridgehead atoms. The van der Waals surface area contributed by atoms with Gasteiger partial charge in [0.2, 0.25) is 18.1 Å². The number of nitrogens with zero attached hydrogens (tertiary/aromatic N) is 6. The van der Waals surface area contributed by atoms with Crippen molar-refractivity contribution < 1.29 is 18.7 Å². The van der Waals surface area contributed by atoms with Crippen molar-refractivity contribution >= 4 is 23.8 Å². The number of H-pyrrole nitrogens is 1. The molecule has 1 amide bonds. The highest BCUT2D eigenvalue weighted by Crippen LogP contribution is 2.36. The number of aliphatic imine (C=N–C) groups is 1. The molecule has 0 spiro atoms. The Labute approximate surface area is 247 Å². The standard InChI is InChI=1S/C30H32FN9O3/c1-30(28(41)36-22-4-2-10-32-16-22)17-42-27(43-18-30)26-38-24(20-5-7-21(31)8-6-20)25(39-26)23-9-12-35-29(37-23)34-11-3-14-40-15-13-33-19-40/h2,4-10,12-13,16,27H,3,11,14-15,17-19H2,1H3,(H,36,41)(H,38,39)(H,34,35,37). The summed E-state index contributed by atoms with van der Waals surface area (Å²) in [5.41, 5.74) is 2.13. The highest BCUT2D eigenvalue weighted by atomic mass is 19.1. The van der Waals surface area contributed by atoms with Gasteiger partial charge in [0.1, 0.15) is 5.82 Å². The van der Waals surface area contributed by atoms with E-state index in [2.05, 4.69) is 35.5 Å². The number of imidazole rings is 1. The summed E-state index contributed by atoms with van der Waals surface area (Å²) >= 11 is 0. The lowest BCUT2D eigenvalue weighted by molar-refractivity contribution is -0.229. The van der Waals surface area contributed by atoms with Gasteiger partial charge in [-0.1, -0.05) is 0 Å². The second-order valence-corrected chi connectivity index (χ2v) is 10.7. The van der Waals surface area contributed by atoms with Crippen LogP contribution < -0.4 is 10.6 Å². The molecule has 1 aromatic carbocycles. The minimum atomic E-state index is -0.920. The van der Waals surface area contributed by atoms with Crippen LogP contribution >= 0.6 is 0 Å². The van der Waals surface area contributed by atoms with Crippen LogP contribution in [0.3, 0.4) is 0 Å². The first-order valence-electron chi connectivity index (χ1n) is 14.1. The molecule has 6 rings (SSSR count). The second kappa shape index (κ2) is 12.7. The molecule has 222 valence electrons. The maximum Gasteiger partial charge on any atom is 0.235 e. The van der Waals surface area contributed by atoms with E-state index >= 15 is 0 Å². The summed E-state index contributed by atoms with van der Waals surface area (Å²) in [6.07, 6.45) is 6.89. The highest BCUT2D eigenvalue weighted by molar-refractivity contribution is 5.95. The molecule has 0 atom stereocenters. The average molecular weight is 586 g/mol. The van der Waals surface area contributed by atoms with E-state index in [0.29, 0.717) is 46.7 Å². The van der Waals surface area contributed by atoms with E-state index < -0.39 is 11.7 Å². The molecule has 3 aromatic heterocycles. The normalized spacial score (nSPS) is 20.3. The minimum Gasteiger partial charge on any atom is -0.354 e. The molecule has 13 heteroatoms. The van der Waals surface area contributed by atoms with E-state index in [-0.39, 0.29) is 24.9 Å². The second-order valence-electron chi connectivity index (χ2n) is 10.7. The molecule has 2 aliphatic rings. The first kappa shape index (κ1) is 28.5. The van der Waals surface area contributed by atoms with Gasteiger partial charge in [0, 0.05) is 43.8 Å². The Bertz CT molecular complexity index is 1560. The summed E-state index contributed by atoms with van der Waals surface area (Å²) in [4.78, 5) is 40.7. The maximum absolute atomic E-state index is 13.8. The number of carbonyl (C=O) groups excluding carboxylic acids is 1. The molecule has 43 heavy (non-hydrogen) atoms. The van der Waals surface area contributed by atoms with Gasteiger partial charge in [-0.05, 0) is 55.8 Å². The third-order valence-electron chi connectivity index (χ3n) is 7.23. The van der Waals surface area contributed by atoms with Crippen LogP contribution in [0, 0.1) is 11.2 Å². The lowest BCUT2D eigenvalue weighted by Gasteiger charge is -2.35. The fourth-order valence-corrected chi connectivity index (χ4v) is 4.77. The number of hydrogen-bond acceptors (Lipinski definition) is 10. The van der Waals surface area contributed by atoms with E-state index in [0.717, 1.165) is 26.2 Å². The van der Waals surface area contributed by atoms with Crippen molar-refractivity contribution in [2.75, 3.05) is 50.2 Å². The van der Waals surface area contributed by atoms with Gasteiger partial charge < -0.3 is 25.1 Å². The maximum atomic E-state index is 13.8. The van der Waals surface area contributed by atoms with Gasteiger partial charge in [0.25, 0.3) is 0 Å². The largest absolute Gasteiger partial charge is 0.354 e. The van der Waals surface area contributed by atoms with Gasteiger partial charge in [-0.3, -0.25) is 19.7 Å². The Balaban J connectivity index is 1.18. The third-order valence-corrected chi connectivity index (χ3v) is 7.23. The molecule has 5 heterocycles. The number of benzene rings is 1. The summed E-state index contributed by atoms with van der Waals surface area (Å²) in [5, 5.41) is 6.15. The number of carbonyl (C=O) groups is 1. The van der Waals surface area contributed by atoms with Crippen LogP contribution in [0.15, 0.2) is 66.0 Å². The molecule has 0 unspecified atom stereocenters. The molecule has 1 fully saturated rings. The SMILES string of the molecule is CC1(C(=O)Nc2cccnc2)COC(c2nc(-c3ccc(F)cc3)c(-c3ccnc(NCCCN4CC=NC4)n3)[nH]2)OC1. The number of aromatic amines is 1. The van der Waals surface area contributed by atoms with Crippen molar-refractivity contribution in [1.29, 1.82) is 0 Å². The number of halogens is 1. The van der Waals surface area contributed by atoms with Gasteiger partial charge in [-0.2, -0.15) is 0 Å². The Hall–Kier alpha value is -4.59. The number of ether oxygens (including phenoxy) is 2. The summed E-state index contributed by atoms with van der Waals surface area (Å²) in [7, 11) is 0. The van der Waals surface area contributed by atoms with Crippen LogP contribution in [0.25, 0.3) is 22.6 Å². The zero-order valence-corrected chi connectivity index (χ0v) is 23.7. The fourth-order valence-electron chi connectivity index (χ4n) is 4.77. The number of amides is 1. The van der Waals surface area contributed by atoms with Crippen LogP contribution in [-0.4, -0.2) is 81.5 Å². The van der Waals surface area contributed by atoms with Crippen molar-refractivity contribution in [2.45, 2.75) is 19.6 Å². The third kappa shape index (κ3) is 6.74. The zero-order chi connectivity index (χ0) is 29.6. The predicted octanol–water partition coefficient (Wildman–Crippen LogP) is 3.90. The van der Waals surface area contributed by atoms with Crippen LogP contribution in [0.4, 0.5) is 16.0 Å². The molecule has 2 aliphatic heterocycles. The Kier molecular flexibility index (Phi) is 8.45. The summed E-state index contributed by atoms with van der Waals surface area (Å²) in [6, 6.07) is 11.4. The summed E-state index contributed by atoms with van der Waals surface area (Å²) in [5.74, 6) is 0.306. The minimum absolute atomic E-state index is 0.108. The van der Waals surface area contributed by atoms with E-state index in [4.69, 9.17) is 19.4 Å². The van der Waals surface area contributed by atoms with Crippen LogP contribution in [0.2, 0.25) is 0 Å². The van der Waals surface area contributed by atoms with Gasteiger partial charge in [0.05, 0.1) is 54.3 Å². The number of pyridine rings is 1. The van der Waals surface area contributed by atoms with Crippen molar-refractivity contribution in [2.24, 2.45) is 10.4 Å². The number of anilines is 2. The van der Waals surface area contributed by atoms with Gasteiger partial charge in [-0.25, -0.2) is 19.3 Å². The van der Waals surface area contributed by atoms with Crippen LogP contribution in [0.5, 0.6) is 0 Å². The lowest BCUT2D eigenvalue weighted by atomic mass is 9.91. The topological polar surface area (TPSA) is 143 Å². The Morgan fingerprint density at radius 2 is 1.98 bits per heavy atom. The first-order valence-corrected chi connectivity index (χ1v) is 14.1. The fraction of sp³-hybridized carbons (Fsp3) is 0.333. The van der Waals surface area contributed by atoms with Gasteiger partial charge in [-0.15, -0.1) is 0 Å². The van der Waals surface area contributed by atoms with Crippen LogP contribution in [0.1, 0.15) is 25.5 Å². The Morgan fingerprint density at radius 1 is 1.14 bits per heavy atom.